The SMILES string of the molecule is CCc1nc(-c2ccc(Cl)c(F)c2)nc(Cl)c1Br. The molecule has 0 atom stereocenters. The van der Waals surface area contributed by atoms with Crippen LogP contribution in [0.2, 0.25) is 10.2 Å². The van der Waals surface area contributed by atoms with Crippen molar-refractivity contribution in [3.8, 4) is 11.4 Å². The molecule has 0 saturated heterocycles. The van der Waals surface area contributed by atoms with Crippen LogP contribution in [0.4, 0.5) is 4.39 Å². The Kier molecular flexibility index (Phi) is 4.20. The van der Waals surface area contributed by atoms with Gasteiger partial charge in [0.15, 0.2) is 5.82 Å². The van der Waals surface area contributed by atoms with Crippen molar-refractivity contribution < 1.29 is 4.39 Å². The van der Waals surface area contributed by atoms with E-state index < -0.39 is 5.82 Å². The van der Waals surface area contributed by atoms with Crippen LogP contribution in [-0.4, -0.2) is 9.97 Å². The van der Waals surface area contributed by atoms with Gasteiger partial charge in [-0.05, 0) is 40.5 Å². The molecule has 1 aromatic carbocycles. The van der Waals surface area contributed by atoms with Crippen LogP contribution in [-0.2, 0) is 6.42 Å². The summed E-state index contributed by atoms with van der Waals surface area (Å²) in [6, 6.07) is 4.42. The lowest BCUT2D eigenvalue weighted by molar-refractivity contribution is 0.628. The molecule has 0 unspecified atom stereocenters. The maximum absolute atomic E-state index is 13.4. The lowest BCUT2D eigenvalue weighted by Crippen LogP contribution is -1.97. The quantitative estimate of drug-likeness (QED) is 0.719. The third-order valence-corrected chi connectivity index (χ3v) is 4.03. The van der Waals surface area contributed by atoms with Crippen molar-refractivity contribution in [2.45, 2.75) is 13.3 Å². The smallest absolute Gasteiger partial charge is 0.161 e. The summed E-state index contributed by atoms with van der Waals surface area (Å²) in [4.78, 5) is 8.46. The molecular weight excluding hydrogens is 342 g/mol. The van der Waals surface area contributed by atoms with Gasteiger partial charge in [-0.2, -0.15) is 0 Å². The highest BCUT2D eigenvalue weighted by Gasteiger charge is 2.12. The van der Waals surface area contributed by atoms with Gasteiger partial charge in [0.1, 0.15) is 11.0 Å². The zero-order valence-electron chi connectivity index (χ0n) is 9.35. The van der Waals surface area contributed by atoms with Crippen LogP contribution < -0.4 is 0 Å². The topological polar surface area (TPSA) is 25.8 Å². The minimum absolute atomic E-state index is 0.0673. The normalized spacial score (nSPS) is 10.7. The fraction of sp³-hybridized carbons (Fsp3) is 0.167. The van der Waals surface area contributed by atoms with Gasteiger partial charge in [0.2, 0.25) is 0 Å². The van der Waals surface area contributed by atoms with Gasteiger partial charge in [0, 0.05) is 5.56 Å². The Morgan fingerprint density at radius 3 is 2.61 bits per heavy atom. The van der Waals surface area contributed by atoms with Crippen molar-refractivity contribution in [3.05, 3.63) is 44.4 Å². The number of aryl methyl sites for hydroxylation is 1. The molecule has 2 rings (SSSR count). The van der Waals surface area contributed by atoms with Crippen molar-refractivity contribution in [2.24, 2.45) is 0 Å². The zero-order valence-corrected chi connectivity index (χ0v) is 12.4. The van der Waals surface area contributed by atoms with Gasteiger partial charge in [-0.1, -0.05) is 30.1 Å². The van der Waals surface area contributed by atoms with Crippen LogP contribution in [0.5, 0.6) is 0 Å². The number of hydrogen-bond donors (Lipinski definition) is 0. The molecule has 0 aliphatic heterocycles. The van der Waals surface area contributed by atoms with Crippen LogP contribution in [0.25, 0.3) is 11.4 Å². The second kappa shape index (κ2) is 5.51. The van der Waals surface area contributed by atoms with E-state index in [-0.39, 0.29) is 5.02 Å². The predicted octanol–water partition coefficient (Wildman–Crippen LogP) is 4.91. The minimum atomic E-state index is -0.505. The highest BCUT2D eigenvalue weighted by atomic mass is 79.9. The third kappa shape index (κ3) is 2.66. The van der Waals surface area contributed by atoms with Crippen LogP contribution in [0.1, 0.15) is 12.6 Å². The summed E-state index contributed by atoms with van der Waals surface area (Å²) < 4.78 is 14.1. The Balaban J connectivity index is 2.57. The molecule has 2 nitrogen and oxygen atoms in total. The Morgan fingerprint density at radius 1 is 1.28 bits per heavy atom. The van der Waals surface area contributed by atoms with Crippen molar-refractivity contribution >= 4 is 39.1 Å². The molecule has 0 N–H and O–H groups in total. The molecule has 0 amide bonds. The summed E-state index contributed by atoms with van der Waals surface area (Å²) >= 11 is 15.0. The molecule has 18 heavy (non-hydrogen) atoms. The largest absolute Gasteiger partial charge is 0.232 e. The fourth-order valence-corrected chi connectivity index (χ4v) is 2.23. The molecule has 0 radical (unpaired) electrons. The molecule has 1 aromatic heterocycles. The van der Waals surface area contributed by atoms with E-state index in [4.69, 9.17) is 23.2 Å². The Hall–Kier alpha value is -0.710. The highest BCUT2D eigenvalue weighted by molar-refractivity contribution is 9.10. The molecule has 2 aromatic rings. The van der Waals surface area contributed by atoms with Gasteiger partial charge in [0.25, 0.3) is 0 Å². The van der Waals surface area contributed by atoms with Crippen LogP contribution in [0.3, 0.4) is 0 Å². The van der Waals surface area contributed by atoms with Gasteiger partial charge in [-0.3, -0.25) is 0 Å². The molecule has 0 saturated carbocycles. The summed E-state index contributed by atoms with van der Waals surface area (Å²) in [5.41, 5.74) is 1.32. The van der Waals surface area contributed by atoms with E-state index in [1.165, 1.54) is 12.1 Å². The molecule has 0 bridgehead atoms. The second-order valence-corrected chi connectivity index (χ2v) is 5.14. The van der Waals surface area contributed by atoms with Crippen molar-refractivity contribution in [2.75, 3.05) is 0 Å². The summed E-state index contributed by atoms with van der Waals surface area (Å²) in [5.74, 6) is -0.120. The van der Waals surface area contributed by atoms with E-state index in [1.54, 1.807) is 6.07 Å². The van der Waals surface area contributed by atoms with E-state index in [0.717, 1.165) is 5.69 Å². The van der Waals surface area contributed by atoms with Gasteiger partial charge in [-0.25, -0.2) is 14.4 Å². The summed E-state index contributed by atoms with van der Waals surface area (Å²) in [6.45, 7) is 1.95. The second-order valence-electron chi connectivity index (χ2n) is 3.58. The minimum Gasteiger partial charge on any atom is -0.232 e. The Morgan fingerprint density at radius 2 is 2.00 bits per heavy atom. The number of nitrogens with zero attached hydrogens (tertiary/aromatic N) is 2. The van der Waals surface area contributed by atoms with Gasteiger partial charge in [0.05, 0.1) is 15.2 Å². The fourth-order valence-electron chi connectivity index (χ4n) is 1.46. The van der Waals surface area contributed by atoms with Crippen LogP contribution in [0.15, 0.2) is 22.7 Å². The third-order valence-electron chi connectivity index (χ3n) is 2.39. The average molecular weight is 350 g/mol. The number of benzene rings is 1. The molecule has 1 heterocycles. The first-order valence-corrected chi connectivity index (χ1v) is 6.75. The van der Waals surface area contributed by atoms with Crippen molar-refractivity contribution in [1.29, 1.82) is 0 Å². The summed E-state index contributed by atoms with van der Waals surface area (Å²) in [5, 5.41) is 0.380. The summed E-state index contributed by atoms with van der Waals surface area (Å²) in [6.07, 6.45) is 0.700. The van der Waals surface area contributed by atoms with Gasteiger partial charge >= 0.3 is 0 Å². The van der Waals surface area contributed by atoms with Gasteiger partial charge < -0.3 is 0 Å². The van der Waals surface area contributed by atoms with E-state index in [9.17, 15) is 4.39 Å². The number of halogens is 4. The van der Waals surface area contributed by atoms with Crippen LogP contribution in [0, 0.1) is 5.82 Å². The average Bonchev–Trinajstić information content (AvgIpc) is 2.36. The summed E-state index contributed by atoms with van der Waals surface area (Å²) in [7, 11) is 0. The lowest BCUT2D eigenvalue weighted by Gasteiger charge is -2.07. The molecule has 0 aliphatic carbocycles. The van der Waals surface area contributed by atoms with E-state index in [1.807, 2.05) is 6.92 Å². The lowest BCUT2D eigenvalue weighted by atomic mass is 10.2. The Bertz CT molecular complexity index is 605. The first-order valence-electron chi connectivity index (χ1n) is 5.20. The highest BCUT2D eigenvalue weighted by Crippen LogP contribution is 2.28. The molecular formula is C12H8BrCl2FN2. The molecule has 0 spiro atoms. The van der Waals surface area contributed by atoms with Crippen LogP contribution >= 0.6 is 39.1 Å². The first kappa shape index (κ1) is 13.7. The maximum Gasteiger partial charge on any atom is 0.161 e. The Labute approximate surface area is 122 Å². The van der Waals surface area contributed by atoms with E-state index >= 15 is 0 Å². The molecule has 0 aliphatic rings. The standard InChI is InChI=1S/C12H8BrCl2FN2/c1-2-9-10(13)11(15)18-12(17-9)6-3-4-7(14)8(16)5-6/h3-5H,2H2,1H3. The van der Waals surface area contributed by atoms with Gasteiger partial charge in [-0.15, -0.1) is 0 Å². The number of aromatic nitrogens is 2. The van der Waals surface area contributed by atoms with E-state index in [2.05, 4.69) is 25.9 Å². The van der Waals surface area contributed by atoms with Crippen molar-refractivity contribution in [3.63, 3.8) is 0 Å². The number of hydrogen-bond acceptors (Lipinski definition) is 2. The predicted molar refractivity (Wildman–Crippen MR) is 74.5 cm³/mol. The maximum atomic E-state index is 13.4. The molecule has 0 fully saturated rings. The molecule has 6 heteroatoms. The number of rotatable bonds is 2. The zero-order chi connectivity index (χ0) is 13.3. The van der Waals surface area contributed by atoms with Crippen molar-refractivity contribution in [1.82, 2.24) is 9.97 Å². The molecule has 94 valence electrons. The first-order chi connectivity index (χ1) is 8.52. The van der Waals surface area contributed by atoms with E-state index in [0.29, 0.717) is 27.4 Å². The monoisotopic (exact) mass is 348 g/mol.